The maximum absolute atomic E-state index is 12.8. The van der Waals surface area contributed by atoms with Crippen LogP contribution < -0.4 is 0 Å². The predicted molar refractivity (Wildman–Crippen MR) is 72.7 cm³/mol. The summed E-state index contributed by atoms with van der Waals surface area (Å²) in [6.07, 6.45) is 5.56. The quantitative estimate of drug-likeness (QED) is 0.730. The summed E-state index contributed by atoms with van der Waals surface area (Å²) in [5.74, 6) is 1.13. The Morgan fingerprint density at radius 2 is 1.67 bits per heavy atom. The lowest BCUT2D eigenvalue weighted by Gasteiger charge is -1.96. The molecule has 1 fully saturated rings. The van der Waals surface area contributed by atoms with Crippen molar-refractivity contribution in [3.63, 3.8) is 0 Å². The number of benzene rings is 2. The molecule has 0 bridgehead atoms. The van der Waals surface area contributed by atoms with Crippen LogP contribution in [-0.4, -0.2) is 0 Å². The van der Waals surface area contributed by atoms with Gasteiger partial charge in [0.1, 0.15) is 5.82 Å². The molecule has 0 aromatic heterocycles. The number of hydrogen-bond donors (Lipinski definition) is 0. The molecule has 0 radical (unpaired) electrons. The largest absolute Gasteiger partial charge is 0.207 e. The van der Waals surface area contributed by atoms with E-state index in [2.05, 4.69) is 42.5 Å². The van der Waals surface area contributed by atoms with E-state index in [0.29, 0.717) is 11.8 Å². The van der Waals surface area contributed by atoms with Crippen molar-refractivity contribution in [1.29, 1.82) is 0 Å². The lowest BCUT2D eigenvalue weighted by molar-refractivity contribution is 0.628. The Bertz CT molecular complexity index is 540. The predicted octanol–water partition coefficient (Wildman–Crippen LogP) is 4.64. The van der Waals surface area contributed by atoms with E-state index in [9.17, 15) is 4.39 Å². The molecule has 1 aliphatic rings. The zero-order valence-electron chi connectivity index (χ0n) is 10.1. The first kappa shape index (κ1) is 11.2. The molecule has 0 unspecified atom stereocenters. The zero-order chi connectivity index (χ0) is 12.4. The Kier molecular flexibility index (Phi) is 2.97. The normalized spacial score (nSPS) is 22.3. The van der Waals surface area contributed by atoms with Crippen LogP contribution in [0.25, 0.3) is 6.08 Å². The summed E-state index contributed by atoms with van der Waals surface area (Å²) in [5, 5.41) is 0. The summed E-state index contributed by atoms with van der Waals surface area (Å²) in [6.45, 7) is 0. The molecule has 0 aliphatic heterocycles. The van der Waals surface area contributed by atoms with Crippen LogP contribution in [0.15, 0.2) is 60.7 Å². The maximum atomic E-state index is 12.8. The molecule has 1 saturated carbocycles. The van der Waals surface area contributed by atoms with Gasteiger partial charge in [0, 0.05) is 0 Å². The van der Waals surface area contributed by atoms with E-state index in [-0.39, 0.29) is 5.82 Å². The van der Waals surface area contributed by atoms with Gasteiger partial charge >= 0.3 is 0 Å². The number of halogens is 1. The number of rotatable bonds is 3. The van der Waals surface area contributed by atoms with Crippen LogP contribution in [-0.2, 0) is 0 Å². The van der Waals surface area contributed by atoms with E-state index in [4.69, 9.17) is 0 Å². The van der Waals surface area contributed by atoms with Gasteiger partial charge in [-0.25, -0.2) is 4.39 Å². The Morgan fingerprint density at radius 3 is 2.39 bits per heavy atom. The van der Waals surface area contributed by atoms with Gasteiger partial charge in [-0.05, 0) is 41.5 Å². The molecule has 1 heteroatoms. The van der Waals surface area contributed by atoms with Crippen LogP contribution in [0.3, 0.4) is 0 Å². The van der Waals surface area contributed by atoms with Gasteiger partial charge in [0.05, 0.1) is 0 Å². The van der Waals surface area contributed by atoms with E-state index in [1.54, 1.807) is 0 Å². The average Bonchev–Trinajstić information content (AvgIpc) is 3.19. The van der Waals surface area contributed by atoms with Crippen LogP contribution >= 0.6 is 0 Å². The van der Waals surface area contributed by atoms with E-state index in [1.165, 1.54) is 24.1 Å². The first-order valence-electron chi connectivity index (χ1n) is 6.31. The highest BCUT2D eigenvalue weighted by Gasteiger charge is 2.35. The first-order valence-corrected chi connectivity index (χ1v) is 6.31. The molecule has 2 aromatic carbocycles. The fourth-order valence-electron chi connectivity index (χ4n) is 2.32. The van der Waals surface area contributed by atoms with E-state index in [1.807, 2.05) is 12.1 Å². The van der Waals surface area contributed by atoms with Crippen molar-refractivity contribution in [1.82, 2.24) is 0 Å². The second-order valence-electron chi connectivity index (χ2n) is 4.83. The van der Waals surface area contributed by atoms with Gasteiger partial charge in [0.15, 0.2) is 0 Å². The minimum Gasteiger partial charge on any atom is -0.207 e. The lowest BCUT2D eigenvalue weighted by Crippen LogP contribution is -1.80. The highest BCUT2D eigenvalue weighted by Crippen LogP contribution is 2.48. The summed E-state index contributed by atoms with van der Waals surface area (Å²) in [4.78, 5) is 0. The van der Waals surface area contributed by atoms with Crippen molar-refractivity contribution in [2.45, 2.75) is 12.3 Å². The SMILES string of the molecule is Fc1ccc(/C=C/[C@@H]2C[C@H]2c2ccccc2)cc1. The fourth-order valence-corrected chi connectivity index (χ4v) is 2.32. The minimum atomic E-state index is -0.180. The molecule has 0 N–H and O–H groups in total. The molecule has 3 rings (SSSR count). The van der Waals surface area contributed by atoms with Crippen molar-refractivity contribution >= 4 is 6.08 Å². The average molecular weight is 238 g/mol. The molecule has 0 nitrogen and oxygen atoms in total. The minimum absolute atomic E-state index is 0.180. The van der Waals surface area contributed by atoms with Gasteiger partial charge in [-0.3, -0.25) is 0 Å². The molecule has 0 amide bonds. The molecule has 0 saturated heterocycles. The van der Waals surface area contributed by atoms with Crippen molar-refractivity contribution in [2.24, 2.45) is 5.92 Å². The lowest BCUT2D eigenvalue weighted by atomic mass is 10.1. The standard InChI is InChI=1S/C17H15F/c18-16-10-7-13(8-11-16)6-9-15-12-17(15)14-4-2-1-3-5-14/h1-11,15,17H,12H2/b9-6+/t15-,17+/m1/s1. The van der Waals surface area contributed by atoms with Gasteiger partial charge < -0.3 is 0 Å². The molecule has 90 valence electrons. The number of allylic oxidation sites excluding steroid dienone is 1. The Labute approximate surface area is 107 Å². The van der Waals surface area contributed by atoms with Crippen LogP contribution in [0.5, 0.6) is 0 Å². The summed E-state index contributed by atoms with van der Waals surface area (Å²) in [5.41, 5.74) is 2.49. The Balaban J connectivity index is 1.64. The highest BCUT2D eigenvalue weighted by molar-refractivity contribution is 5.50. The van der Waals surface area contributed by atoms with Crippen molar-refractivity contribution < 1.29 is 4.39 Å². The number of hydrogen-bond acceptors (Lipinski definition) is 0. The smallest absolute Gasteiger partial charge is 0.123 e. The highest BCUT2D eigenvalue weighted by atomic mass is 19.1. The third kappa shape index (κ3) is 2.51. The van der Waals surface area contributed by atoms with Crippen LogP contribution in [0.2, 0.25) is 0 Å². The molecule has 2 atom stereocenters. The van der Waals surface area contributed by atoms with Gasteiger partial charge in [-0.2, -0.15) is 0 Å². The molecule has 0 spiro atoms. The third-order valence-electron chi connectivity index (χ3n) is 3.47. The van der Waals surface area contributed by atoms with Crippen molar-refractivity contribution in [3.05, 3.63) is 77.6 Å². The third-order valence-corrected chi connectivity index (χ3v) is 3.47. The van der Waals surface area contributed by atoms with Crippen molar-refractivity contribution in [2.75, 3.05) is 0 Å². The second-order valence-corrected chi connectivity index (χ2v) is 4.83. The topological polar surface area (TPSA) is 0 Å². The van der Waals surface area contributed by atoms with Gasteiger partial charge in [-0.15, -0.1) is 0 Å². The monoisotopic (exact) mass is 238 g/mol. The second kappa shape index (κ2) is 4.77. The molecule has 1 aliphatic carbocycles. The summed E-state index contributed by atoms with van der Waals surface area (Å²) < 4.78 is 12.8. The summed E-state index contributed by atoms with van der Waals surface area (Å²) in [6, 6.07) is 17.2. The molecular formula is C17H15F. The van der Waals surface area contributed by atoms with Crippen molar-refractivity contribution in [3.8, 4) is 0 Å². The van der Waals surface area contributed by atoms with Crippen LogP contribution in [0.4, 0.5) is 4.39 Å². The first-order chi connectivity index (χ1) is 8.83. The maximum Gasteiger partial charge on any atom is 0.123 e. The van der Waals surface area contributed by atoms with E-state index in [0.717, 1.165) is 5.56 Å². The molecule has 0 heterocycles. The molecular weight excluding hydrogens is 223 g/mol. The Morgan fingerprint density at radius 1 is 0.944 bits per heavy atom. The van der Waals surface area contributed by atoms with Gasteiger partial charge in [0.2, 0.25) is 0 Å². The fraction of sp³-hybridized carbons (Fsp3) is 0.176. The van der Waals surface area contributed by atoms with Crippen LogP contribution in [0, 0.1) is 11.7 Å². The van der Waals surface area contributed by atoms with Crippen LogP contribution in [0.1, 0.15) is 23.5 Å². The Hall–Kier alpha value is -1.89. The van der Waals surface area contributed by atoms with Gasteiger partial charge in [-0.1, -0.05) is 54.6 Å². The summed E-state index contributed by atoms with van der Waals surface area (Å²) in [7, 11) is 0. The van der Waals surface area contributed by atoms with E-state index < -0.39 is 0 Å². The molecule has 18 heavy (non-hydrogen) atoms. The van der Waals surface area contributed by atoms with Gasteiger partial charge in [0.25, 0.3) is 0 Å². The zero-order valence-corrected chi connectivity index (χ0v) is 10.1. The summed E-state index contributed by atoms with van der Waals surface area (Å²) >= 11 is 0. The van der Waals surface area contributed by atoms with E-state index >= 15 is 0 Å². The molecule has 2 aromatic rings.